The van der Waals surface area contributed by atoms with Crippen LogP contribution in [0.5, 0.6) is 5.75 Å². The summed E-state index contributed by atoms with van der Waals surface area (Å²) in [6.07, 6.45) is 8.06. The molecule has 0 amide bonds. The molecule has 0 N–H and O–H groups in total. The Bertz CT molecular complexity index is 1080. The second-order valence-corrected chi connectivity index (χ2v) is 25.2. The molecule has 2 fully saturated rings. The number of aryl methyl sites for hydroxylation is 1. The third-order valence-corrected chi connectivity index (χ3v) is 20.2. The van der Waals surface area contributed by atoms with Crippen molar-refractivity contribution in [3.05, 3.63) is 28.8 Å². The highest BCUT2D eigenvalue weighted by Gasteiger charge is 2.57. The van der Waals surface area contributed by atoms with Gasteiger partial charge in [0.2, 0.25) is 0 Å². The van der Waals surface area contributed by atoms with Gasteiger partial charge in [-0.1, -0.05) is 54.4 Å². The highest BCUT2D eigenvalue weighted by Crippen LogP contribution is 2.62. The summed E-state index contributed by atoms with van der Waals surface area (Å²) in [7, 11) is -3.71. The molecule has 0 bridgehead atoms. The maximum Gasteiger partial charge on any atom is 0.250 e. The zero-order chi connectivity index (χ0) is 27.6. The normalized spacial score (nSPS) is 30.1. The first kappa shape index (κ1) is 29.0. The van der Waals surface area contributed by atoms with E-state index in [4.69, 9.17) is 8.85 Å². The van der Waals surface area contributed by atoms with Crippen LogP contribution < -0.4 is 4.43 Å². The van der Waals surface area contributed by atoms with Crippen molar-refractivity contribution in [2.24, 2.45) is 17.3 Å². The second kappa shape index (κ2) is 9.56. The van der Waals surface area contributed by atoms with E-state index in [0.29, 0.717) is 17.4 Å². The zero-order valence-electron chi connectivity index (χ0n) is 26.0. The summed E-state index contributed by atoms with van der Waals surface area (Å²) in [5, 5.41) is 0.438. The van der Waals surface area contributed by atoms with Gasteiger partial charge in [-0.15, -0.1) is 5.92 Å². The molecular formula is C33H54O2Si2. The third-order valence-electron chi connectivity index (χ3n) is 11.4. The maximum atomic E-state index is 7.13. The average molecular weight is 539 g/mol. The SMILES string of the molecule is CC#Cc1cc2c(cc1O[Si](C)(C)C(C)(C)C)CC[C@@H]1[C@@H]2CC[C@]2(C)[C@@H](O[Si](C)(C)C(C)(C)C)CC[C@@H]12. The van der Waals surface area contributed by atoms with Gasteiger partial charge in [-0.05, 0) is 128 Å². The molecule has 3 aliphatic carbocycles. The summed E-state index contributed by atoms with van der Waals surface area (Å²) >= 11 is 0. The minimum Gasteiger partial charge on any atom is -0.543 e. The Morgan fingerprint density at radius 2 is 1.54 bits per heavy atom. The largest absolute Gasteiger partial charge is 0.543 e. The molecule has 0 aromatic heterocycles. The molecular weight excluding hydrogens is 485 g/mol. The van der Waals surface area contributed by atoms with Crippen molar-refractivity contribution in [2.45, 2.75) is 142 Å². The fourth-order valence-corrected chi connectivity index (χ4v) is 9.50. The lowest BCUT2D eigenvalue weighted by Gasteiger charge is -2.52. The second-order valence-electron chi connectivity index (χ2n) is 15.7. The minimum absolute atomic E-state index is 0.171. The van der Waals surface area contributed by atoms with Crippen molar-refractivity contribution in [3.63, 3.8) is 0 Å². The average Bonchev–Trinajstić information content (AvgIpc) is 3.08. The Labute approximate surface area is 231 Å². The first-order chi connectivity index (χ1) is 16.9. The van der Waals surface area contributed by atoms with Crippen molar-refractivity contribution in [3.8, 4) is 17.6 Å². The van der Waals surface area contributed by atoms with E-state index in [0.717, 1.165) is 23.1 Å². The van der Waals surface area contributed by atoms with Crippen LogP contribution in [0, 0.1) is 29.1 Å². The Hall–Kier alpha value is -1.03. The van der Waals surface area contributed by atoms with Crippen LogP contribution in [0.15, 0.2) is 12.1 Å². The first-order valence-corrected chi connectivity index (χ1v) is 20.7. The van der Waals surface area contributed by atoms with Crippen LogP contribution in [0.25, 0.3) is 0 Å². The van der Waals surface area contributed by atoms with Gasteiger partial charge < -0.3 is 8.85 Å². The van der Waals surface area contributed by atoms with Gasteiger partial charge in [0.15, 0.2) is 8.32 Å². The Balaban J connectivity index is 1.63. The van der Waals surface area contributed by atoms with E-state index in [1.807, 2.05) is 6.92 Å². The van der Waals surface area contributed by atoms with Crippen LogP contribution >= 0.6 is 0 Å². The molecule has 37 heavy (non-hydrogen) atoms. The highest BCUT2D eigenvalue weighted by atomic mass is 28.4. The highest BCUT2D eigenvalue weighted by molar-refractivity contribution is 6.75. The lowest BCUT2D eigenvalue weighted by molar-refractivity contribution is -0.0165. The van der Waals surface area contributed by atoms with Gasteiger partial charge in [0.05, 0.1) is 11.7 Å². The predicted octanol–water partition coefficient (Wildman–Crippen LogP) is 9.69. The van der Waals surface area contributed by atoms with Crippen molar-refractivity contribution in [1.82, 2.24) is 0 Å². The lowest BCUT2D eigenvalue weighted by Crippen LogP contribution is -2.50. The quantitative estimate of drug-likeness (QED) is 0.280. The Kier molecular flexibility index (Phi) is 7.49. The van der Waals surface area contributed by atoms with Gasteiger partial charge in [-0.3, -0.25) is 0 Å². The molecule has 1 aromatic rings. The van der Waals surface area contributed by atoms with Crippen molar-refractivity contribution in [1.29, 1.82) is 0 Å². The molecule has 0 saturated heterocycles. The monoisotopic (exact) mass is 538 g/mol. The Morgan fingerprint density at radius 3 is 2.14 bits per heavy atom. The molecule has 0 radical (unpaired) electrons. The van der Waals surface area contributed by atoms with Crippen molar-refractivity contribution >= 4 is 16.6 Å². The molecule has 2 nitrogen and oxygen atoms in total. The van der Waals surface area contributed by atoms with Gasteiger partial charge >= 0.3 is 0 Å². The summed E-state index contributed by atoms with van der Waals surface area (Å²) < 4.78 is 14.0. The number of hydrogen-bond donors (Lipinski definition) is 0. The van der Waals surface area contributed by atoms with Crippen LogP contribution in [0.2, 0.25) is 36.3 Å². The van der Waals surface area contributed by atoms with Gasteiger partial charge in [0, 0.05) is 0 Å². The van der Waals surface area contributed by atoms with Crippen LogP contribution in [0.4, 0.5) is 0 Å². The van der Waals surface area contributed by atoms with E-state index in [9.17, 15) is 0 Å². The van der Waals surface area contributed by atoms with Crippen LogP contribution in [-0.4, -0.2) is 22.7 Å². The number of fused-ring (bicyclic) bond motifs is 5. The minimum atomic E-state index is -1.93. The molecule has 1 aromatic carbocycles. The summed E-state index contributed by atoms with van der Waals surface area (Å²) in [4.78, 5) is 0. The summed E-state index contributed by atoms with van der Waals surface area (Å²) in [5.41, 5.74) is 4.52. The predicted molar refractivity (Wildman–Crippen MR) is 164 cm³/mol. The number of hydrogen-bond acceptors (Lipinski definition) is 2. The van der Waals surface area contributed by atoms with Gasteiger partial charge in [0.25, 0.3) is 8.32 Å². The molecule has 4 heteroatoms. The number of rotatable bonds is 4. The van der Waals surface area contributed by atoms with E-state index in [1.165, 1.54) is 44.1 Å². The van der Waals surface area contributed by atoms with E-state index < -0.39 is 16.6 Å². The van der Waals surface area contributed by atoms with Crippen LogP contribution in [0.3, 0.4) is 0 Å². The summed E-state index contributed by atoms with van der Waals surface area (Å²) in [5.74, 6) is 9.85. The molecule has 0 spiro atoms. The van der Waals surface area contributed by atoms with Gasteiger partial charge in [0.1, 0.15) is 5.75 Å². The fraction of sp³-hybridized carbons (Fsp3) is 0.758. The molecule has 4 rings (SSSR count). The molecule has 0 aliphatic heterocycles. The molecule has 2 saturated carbocycles. The molecule has 0 heterocycles. The zero-order valence-corrected chi connectivity index (χ0v) is 28.0. The van der Waals surface area contributed by atoms with Crippen LogP contribution in [-0.2, 0) is 10.8 Å². The molecule has 5 atom stereocenters. The third kappa shape index (κ3) is 5.14. The summed E-state index contributed by atoms with van der Waals surface area (Å²) in [6.45, 7) is 28.2. The van der Waals surface area contributed by atoms with E-state index in [2.05, 4.69) is 98.6 Å². The van der Waals surface area contributed by atoms with Crippen LogP contribution in [0.1, 0.15) is 110 Å². The Morgan fingerprint density at radius 1 is 0.892 bits per heavy atom. The first-order valence-electron chi connectivity index (χ1n) is 14.9. The lowest BCUT2D eigenvalue weighted by atomic mass is 9.55. The molecule has 206 valence electrons. The number of benzene rings is 1. The smallest absolute Gasteiger partial charge is 0.250 e. The van der Waals surface area contributed by atoms with Crippen molar-refractivity contribution < 1.29 is 8.85 Å². The van der Waals surface area contributed by atoms with Gasteiger partial charge in [-0.2, -0.15) is 0 Å². The van der Waals surface area contributed by atoms with Gasteiger partial charge in [-0.25, -0.2) is 0 Å². The molecule has 3 aliphatic rings. The van der Waals surface area contributed by atoms with E-state index in [-0.39, 0.29) is 10.1 Å². The summed E-state index contributed by atoms with van der Waals surface area (Å²) in [6, 6.07) is 4.82. The maximum absolute atomic E-state index is 7.13. The van der Waals surface area contributed by atoms with E-state index in [1.54, 1.807) is 5.56 Å². The van der Waals surface area contributed by atoms with Crippen molar-refractivity contribution in [2.75, 3.05) is 0 Å². The standard InChI is InChI=1S/C33H54O2Si2/c1-13-14-24-21-27-23(22-29(24)34-36(9,10)31(2,3)4)15-16-26-25(27)19-20-33(8)28(26)17-18-30(33)35-37(11,12)32(5,6)7/h21-22,25-26,28,30H,15-20H2,1-12H3/t25-,26+,28-,30-,33-/m0/s1. The fourth-order valence-electron chi connectivity index (χ4n) is 7.02. The van der Waals surface area contributed by atoms with E-state index >= 15 is 0 Å². The topological polar surface area (TPSA) is 18.5 Å². The molecule has 0 unspecified atom stereocenters.